The number of carbonyl (C=O) groups is 1. The van der Waals surface area contributed by atoms with Crippen LogP contribution in [0, 0.1) is 26.7 Å². The lowest BCUT2D eigenvalue weighted by atomic mass is 10.1. The standard InChI is InChI=1S/C17H25N5O2/c1-11-7-15(22-17(19-11)12(2)13(3)20-22)18-9-14-8-16(23)21(10-14)5-6-24-4/h7,14,18H,5-6,8-10H2,1-4H3. The second kappa shape index (κ2) is 6.76. The molecule has 1 unspecified atom stereocenters. The number of nitrogens with zero attached hydrogens (tertiary/aromatic N) is 4. The monoisotopic (exact) mass is 331 g/mol. The van der Waals surface area contributed by atoms with Gasteiger partial charge in [0.05, 0.1) is 12.3 Å². The van der Waals surface area contributed by atoms with Crippen molar-refractivity contribution in [2.24, 2.45) is 5.92 Å². The number of nitrogens with one attached hydrogen (secondary N) is 1. The smallest absolute Gasteiger partial charge is 0.223 e. The molecule has 7 nitrogen and oxygen atoms in total. The SMILES string of the molecule is COCCN1CC(CNc2cc(C)nc3c(C)c(C)nn23)CC1=O. The summed E-state index contributed by atoms with van der Waals surface area (Å²) in [6.07, 6.45) is 0.584. The molecular weight excluding hydrogens is 306 g/mol. The van der Waals surface area contributed by atoms with Crippen LogP contribution in [0.2, 0.25) is 0 Å². The Hall–Kier alpha value is -2.15. The highest BCUT2D eigenvalue weighted by Crippen LogP contribution is 2.21. The lowest BCUT2D eigenvalue weighted by Crippen LogP contribution is -2.29. The minimum Gasteiger partial charge on any atom is -0.383 e. The predicted molar refractivity (Wildman–Crippen MR) is 92.3 cm³/mol. The van der Waals surface area contributed by atoms with Gasteiger partial charge in [-0.2, -0.15) is 9.61 Å². The molecule has 24 heavy (non-hydrogen) atoms. The molecule has 2 aromatic heterocycles. The van der Waals surface area contributed by atoms with Crippen molar-refractivity contribution in [3.63, 3.8) is 0 Å². The number of likely N-dealkylation sites (tertiary alicyclic amines) is 1. The fraction of sp³-hybridized carbons (Fsp3) is 0.588. The summed E-state index contributed by atoms with van der Waals surface area (Å²) >= 11 is 0. The molecule has 7 heteroatoms. The van der Waals surface area contributed by atoms with E-state index >= 15 is 0 Å². The molecule has 0 aliphatic carbocycles. The summed E-state index contributed by atoms with van der Waals surface area (Å²) in [6, 6.07) is 2.00. The molecule has 3 heterocycles. The van der Waals surface area contributed by atoms with Gasteiger partial charge in [0.2, 0.25) is 5.91 Å². The number of rotatable bonds is 6. The molecule has 3 rings (SSSR count). The Morgan fingerprint density at radius 3 is 2.92 bits per heavy atom. The maximum Gasteiger partial charge on any atom is 0.223 e. The van der Waals surface area contributed by atoms with Crippen LogP contribution in [0.15, 0.2) is 6.07 Å². The molecule has 1 amide bonds. The van der Waals surface area contributed by atoms with E-state index in [1.165, 1.54) is 0 Å². The molecule has 0 spiro atoms. The summed E-state index contributed by atoms with van der Waals surface area (Å²) in [4.78, 5) is 18.5. The number of anilines is 1. The van der Waals surface area contributed by atoms with E-state index in [0.29, 0.717) is 25.5 Å². The molecule has 2 aromatic rings. The normalized spacial score (nSPS) is 17.9. The zero-order valence-corrected chi connectivity index (χ0v) is 14.8. The number of carbonyl (C=O) groups excluding carboxylic acids is 1. The topological polar surface area (TPSA) is 71.8 Å². The summed E-state index contributed by atoms with van der Waals surface area (Å²) in [5, 5.41) is 8.03. The van der Waals surface area contributed by atoms with Crippen molar-refractivity contribution in [1.29, 1.82) is 0 Å². The van der Waals surface area contributed by atoms with Gasteiger partial charge in [0, 0.05) is 56.4 Å². The molecule has 130 valence electrons. The third kappa shape index (κ3) is 3.21. The maximum absolute atomic E-state index is 12.0. The highest BCUT2D eigenvalue weighted by molar-refractivity contribution is 5.78. The number of fused-ring (bicyclic) bond motifs is 1. The van der Waals surface area contributed by atoms with Crippen molar-refractivity contribution >= 4 is 17.4 Å². The maximum atomic E-state index is 12.0. The van der Waals surface area contributed by atoms with Gasteiger partial charge < -0.3 is 15.0 Å². The molecule has 0 saturated carbocycles. The summed E-state index contributed by atoms with van der Waals surface area (Å²) in [7, 11) is 1.66. The van der Waals surface area contributed by atoms with Gasteiger partial charge in [-0.15, -0.1) is 0 Å². The molecule has 0 bridgehead atoms. The van der Waals surface area contributed by atoms with Crippen LogP contribution in [0.1, 0.15) is 23.4 Å². The molecule has 1 N–H and O–H groups in total. The van der Waals surface area contributed by atoms with Crippen LogP contribution >= 0.6 is 0 Å². The molecule has 1 fully saturated rings. The van der Waals surface area contributed by atoms with Crippen LogP contribution in [0.25, 0.3) is 5.65 Å². The summed E-state index contributed by atoms with van der Waals surface area (Å²) in [5.41, 5.74) is 3.93. The molecule has 1 saturated heterocycles. The van der Waals surface area contributed by atoms with E-state index in [1.54, 1.807) is 7.11 Å². The van der Waals surface area contributed by atoms with Crippen molar-refractivity contribution < 1.29 is 9.53 Å². The van der Waals surface area contributed by atoms with E-state index in [1.807, 2.05) is 36.3 Å². The van der Waals surface area contributed by atoms with E-state index < -0.39 is 0 Å². The first-order valence-corrected chi connectivity index (χ1v) is 8.33. The zero-order chi connectivity index (χ0) is 17.3. The first-order valence-electron chi connectivity index (χ1n) is 8.33. The van der Waals surface area contributed by atoms with Crippen molar-refractivity contribution in [2.45, 2.75) is 27.2 Å². The van der Waals surface area contributed by atoms with Crippen LogP contribution in [-0.4, -0.2) is 58.8 Å². The number of amides is 1. The van der Waals surface area contributed by atoms with E-state index in [0.717, 1.165) is 41.5 Å². The second-order valence-electron chi connectivity index (χ2n) is 6.51. The molecule has 1 aliphatic heterocycles. The van der Waals surface area contributed by atoms with E-state index in [2.05, 4.69) is 15.4 Å². The van der Waals surface area contributed by atoms with Crippen molar-refractivity contribution in [3.05, 3.63) is 23.0 Å². The van der Waals surface area contributed by atoms with Gasteiger partial charge >= 0.3 is 0 Å². The van der Waals surface area contributed by atoms with Crippen molar-refractivity contribution in [2.75, 3.05) is 38.7 Å². The predicted octanol–water partition coefficient (Wildman–Crippen LogP) is 1.56. The molecule has 0 aromatic carbocycles. The number of methoxy groups -OCH3 is 1. The van der Waals surface area contributed by atoms with Gasteiger partial charge in [0.25, 0.3) is 0 Å². The lowest BCUT2D eigenvalue weighted by Gasteiger charge is -2.16. The Morgan fingerprint density at radius 2 is 2.17 bits per heavy atom. The van der Waals surface area contributed by atoms with Gasteiger partial charge in [-0.25, -0.2) is 4.98 Å². The quantitative estimate of drug-likeness (QED) is 0.870. The Kier molecular flexibility index (Phi) is 4.71. The number of hydrogen-bond acceptors (Lipinski definition) is 5. The van der Waals surface area contributed by atoms with E-state index in [9.17, 15) is 4.79 Å². The molecule has 0 radical (unpaired) electrons. The Bertz CT molecular complexity index is 755. The summed E-state index contributed by atoms with van der Waals surface area (Å²) in [6.45, 7) is 8.79. The van der Waals surface area contributed by atoms with E-state index in [4.69, 9.17) is 4.74 Å². The highest BCUT2D eigenvalue weighted by atomic mass is 16.5. The van der Waals surface area contributed by atoms with Gasteiger partial charge in [-0.05, 0) is 20.8 Å². The van der Waals surface area contributed by atoms with Crippen LogP contribution in [0.3, 0.4) is 0 Å². The third-order valence-electron chi connectivity index (χ3n) is 4.62. The summed E-state index contributed by atoms with van der Waals surface area (Å²) in [5.74, 6) is 1.44. The molecule has 1 atom stereocenters. The molecule has 1 aliphatic rings. The fourth-order valence-electron chi connectivity index (χ4n) is 3.13. The fourth-order valence-corrected chi connectivity index (χ4v) is 3.13. The first kappa shape index (κ1) is 16.7. The van der Waals surface area contributed by atoms with Gasteiger partial charge in [-0.3, -0.25) is 4.79 Å². The average Bonchev–Trinajstić information content (AvgIpc) is 3.04. The van der Waals surface area contributed by atoms with Crippen molar-refractivity contribution in [3.8, 4) is 0 Å². The Balaban J connectivity index is 1.70. The number of aryl methyl sites for hydroxylation is 3. The largest absolute Gasteiger partial charge is 0.383 e. The van der Waals surface area contributed by atoms with Gasteiger partial charge in [-0.1, -0.05) is 0 Å². The lowest BCUT2D eigenvalue weighted by molar-refractivity contribution is -0.128. The average molecular weight is 331 g/mol. The first-order chi connectivity index (χ1) is 11.5. The van der Waals surface area contributed by atoms with Crippen LogP contribution in [0.4, 0.5) is 5.82 Å². The Labute approximate surface area is 142 Å². The minimum absolute atomic E-state index is 0.209. The third-order valence-corrected chi connectivity index (χ3v) is 4.62. The minimum atomic E-state index is 0.209. The van der Waals surface area contributed by atoms with Gasteiger partial charge in [0.1, 0.15) is 5.82 Å². The Morgan fingerprint density at radius 1 is 1.38 bits per heavy atom. The highest BCUT2D eigenvalue weighted by Gasteiger charge is 2.29. The number of ether oxygens (including phenoxy) is 1. The number of hydrogen-bond donors (Lipinski definition) is 1. The van der Waals surface area contributed by atoms with Crippen molar-refractivity contribution in [1.82, 2.24) is 19.5 Å². The van der Waals surface area contributed by atoms with Crippen LogP contribution in [-0.2, 0) is 9.53 Å². The van der Waals surface area contributed by atoms with Crippen LogP contribution < -0.4 is 5.32 Å². The zero-order valence-electron chi connectivity index (χ0n) is 14.8. The van der Waals surface area contributed by atoms with Crippen LogP contribution in [0.5, 0.6) is 0 Å². The van der Waals surface area contributed by atoms with Gasteiger partial charge in [0.15, 0.2) is 5.65 Å². The summed E-state index contributed by atoms with van der Waals surface area (Å²) < 4.78 is 6.92. The second-order valence-corrected chi connectivity index (χ2v) is 6.51. The van der Waals surface area contributed by atoms with E-state index in [-0.39, 0.29) is 5.91 Å². The molecular formula is C17H25N5O2. The number of aromatic nitrogens is 3.